The van der Waals surface area contributed by atoms with Gasteiger partial charge in [0, 0.05) is 24.9 Å². The molecule has 0 atom stereocenters. The fourth-order valence-corrected chi connectivity index (χ4v) is 6.53. The van der Waals surface area contributed by atoms with Gasteiger partial charge in [0.25, 0.3) is 0 Å². The molecule has 1 aromatic heterocycles. The first-order chi connectivity index (χ1) is 13.9. The number of nitrogens with zero attached hydrogens (tertiary/aromatic N) is 2. The average Bonchev–Trinajstić information content (AvgIpc) is 3.19. The van der Waals surface area contributed by atoms with E-state index in [0.717, 1.165) is 17.2 Å². The van der Waals surface area contributed by atoms with E-state index in [9.17, 15) is 8.42 Å². The Balaban J connectivity index is 1.41. The molecule has 0 aliphatic carbocycles. The number of halogens is 2. The van der Waals surface area contributed by atoms with Gasteiger partial charge in [-0.1, -0.05) is 53.5 Å². The van der Waals surface area contributed by atoms with Crippen LogP contribution in [0.1, 0.15) is 24.1 Å². The van der Waals surface area contributed by atoms with Crippen LogP contribution < -0.4 is 4.90 Å². The van der Waals surface area contributed by atoms with Gasteiger partial charge < -0.3 is 4.90 Å². The highest BCUT2D eigenvalue weighted by Gasteiger charge is 2.32. The molecule has 0 amide bonds. The molecule has 2 heterocycles. The SMILES string of the molecule is O=S(=O)(c1ccc(Cl)c(Cl)c1)C1CCN(c2nc(Cc3ccccc3)cs2)CC1. The molecule has 0 spiro atoms. The Morgan fingerprint density at radius 3 is 2.45 bits per heavy atom. The number of piperidine rings is 1. The van der Waals surface area contributed by atoms with Crippen molar-refractivity contribution in [1.29, 1.82) is 0 Å². The fourth-order valence-electron chi connectivity index (χ4n) is 3.53. The van der Waals surface area contributed by atoms with Gasteiger partial charge in [0.15, 0.2) is 15.0 Å². The standard InChI is InChI=1S/C21H20Cl2N2O2S2/c22-19-7-6-18(13-20(19)23)29(26,27)17-8-10-25(11-9-17)21-24-16(14-28-21)12-15-4-2-1-3-5-15/h1-7,13-14,17H,8-12H2. The Morgan fingerprint density at radius 2 is 1.76 bits per heavy atom. The minimum absolute atomic E-state index is 0.241. The smallest absolute Gasteiger partial charge is 0.185 e. The van der Waals surface area contributed by atoms with Crippen LogP contribution in [0.3, 0.4) is 0 Å². The van der Waals surface area contributed by atoms with Gasteiger partial charge in [-0.15, -0.1) is 11.3 Å². The summed E-state index contributed by atoms with van der Waals surface area (Å²) >= 11 is 13.5. The molecule has 1 aliphatic heterocycles. The molecule has 0 N–H and O–H groups in total. The molecular weight excluding hydrogens is 447 g/mol. The van der Waals surface area contributed by atoms with Crippen molar-refractivity contribution in [3.63, 3.8) is 0 Å². The van der Waals surface area contributed by atoms with Crippen molar-refractivity contribution in [3.05, 3.63) is 75.2 Å². The summed E-state index contributed by atoms with van der Waals surface area (Å²) in [6, 6.07) is 14.8. The van der Waals surface area contributed by atoms with Crippen LogP contribution in [0.4, 0.5) is 5.13 Å². The quantitative estimate of drug-likeness (QED) is 0.499. The van der Waals surface area contributed by atoms with E-state index in [2.05, 4.69) is 22.4 Å². The van der Waals surface area contributed by atoms with Crippen molar-refractivity contribution in [1.82, 2.24) is 4.98 Å². The Kier molecular flexibility index (Phi) is 6.16. The molecule has 4 rings (SSSR count). The molecule has 0 bridgehead atoms. The first-order valence-corrected chi connectivity index (χ1v) is 12.5. The summed E-state index contributed by atoms with van der Waals surface area (Å²) in [5, 5.41) is 3.25. The van der Waals surface area contributed by atoms with Crippen LogP contribution in [0, 0.1) is 0 Å². The van der Waals surface area contributed by atoms with Crippen LogP contribution in [-0.2, 0) is 16.3 Å². The van der Waals surface area contributed by atoms with Crippen LogP contribution in [0.5, 0.6) is 0 Å². The van der Waals surface area contributed by atoms with Crippen molar-refractivity contribution in [3.8, 4) is 0 Å². The van der Waals surface area contributed by atoms with Gasteiger partial charge in [0.05, 0.1) is 25.9 Å². The van der Waals surface area contributed by atoms with Crippen LogP contribution in [0.2, 0.25) is 10.0 Å². The van der Waals surface area contributed by atoms with E-state index >= 15 is 0 Å². The molecule has 1 saturated heterocycles. The van der Waals surface area contributed by atoms with E-state index < -0.39 is 15.1 Å². The Morgan fingerprint density at radius 1 is 1.03 bits per heavy atom. The minimum atomic E-state index is -3.43. The predicted molar refractivity (Wildman–Crippen MR) is 120 cm³/mol. The molecule has 2 aromatic carbocycles. The molecule has 0 saturated carbocycles. The first kappa shape index (κ1) is 20.7. The van der Waals surface area contributed by atoms with Gasteiger partial charge >= 0.3 is 0 Å². The molecule has 3 aromatic rings. The number of thiazole rings is 1. The van der Waals surface area contributed by atoms with Gasteiger partial charge in [-0.05, 0) is 36.6 Å². The lowest BCUT2D eigenvalue weighted by Crippen LogP contribution is -2.39. The summed E-state index contributed by atoms with van der Waals surface area (Å²) in [4.78, 5) is 7.18. The highest BCUT2D eigenvalue weighted by Crippen LogP contribution is 2.32. The largest absolute Gasteiger partial charge is 0.348 e. The summed E-state index contributed by atoms with van der Waals surface area (Å²) in [6.45, 7) is 1.34. The second-order valence-electron chi connectivity index (χ2n) is 7.09. The van der Waals surface area contributed by atoms with Crippen molar-refractivity contribution >= 4 is 49.5 Å². The van der Waals surface area contributed by atoms with E-state index in [1.54, 1.807) is 11.3 Å². The van der Waals surface area contributed by atoms with Crippen molar-refractivity contribution in [2.45, 2.75) is 29.4 Å². The Hall–Kier alpha value is -1.60. The van der Waals surface area contributed by atoms with Crippen molar-refractivity contribution in [2.24, 2.45) is 0 Å². The van der Waals surface area contributed by atoms with E-state index in [1.807, 2.05) is 18.2 Å². The first-order valence-electron chi connectivity index (χ1n) is 9.36. The molecule has 29 heavy (non-hydrogen) atoms. The van der Waals surface area contributed by atoms with Crippen LogP contribution in [0.25, 0.3) is 0 Å². The summed E-state index contributed by atoms with van der Waals surface area (Å²) in [5.74, 6) is 0. The number of sulfone groups is 1. The third-order valence-electron chi connectivity index (χ3n) is 5.14. The van der Waals surface area contributed by atoms with Gasteiger partial charge in [-0.25, -0.2) is 13.4 Å². The highest BCUT2D eigenvalue weighted by molar-refractivity contribution is 7.92. The van der Waals surface area contributed by atoms with Crippen LogP contribution >= 0.6 is 34.5 Å². The molecule has 0 radical (unpaired) electrons. The minimum Gasteiger partial charge on any atom is -0.348 e. The second kappa shape index (κ2) is 8.64. The third-order valence-corrected chi connectivity index (χ3v) is 9.09. The molecule has 1 aliphatic rings. The Labute approximate surface area is 185 Å². The van der Waals surface area contributed by atoms with E-state index in [4.69, 9.17) is 28.2 Å². The van der Waals surface area contributed by atoms with Crippen molar-refractivity contribution < 1.29 is 8.42 Å². The van der Waals surface area contributed by atoms with E-state index in [1.165, 1.54) is 23.8 Å². The zero-order valence-corrected chi connectivity index (χ0v) is 18.7. The predicted octanol–water partition coefficient (Wildman–Crippen LogP) is 5.48. The average molecular weight is 467 g/mol. The molecule has 4 nitrogen and oxygen atoms in total. The lowest BCUT2D eigenvalue weighted by molar-refractivity contribution is 0.529. The zero-order valence-electron chi connectivity index (χ0n) is 15.6. The van der Waals surface area contributed by atoms with Crippen LogP contribution in [0.15, 0.2) is 58.8 Å². The van der Waals surface area contributed by atoms with Gasteiger partial charge in [0.2, 0.25) is 0 Å². The Bertz CT molecular complexity index is 1090. The topological polar surface area (TPSA) is 50.3 Å². The molecule has 152 valence electrons. The summed E-state index contributed by atoms with van der Waals surface area (Å²) in [5.41, 5.74) is 2.28. The van der Waals surface area contributed by atoms with Gasteiger partial charge in [-0.3, -0.25) is 0 Å². The monoisotopic (exact) mass is 466 g/mol. The number of rotatable bonds is 5. The third kappa shape index (κ3) is 4.61. The number of benzene rings is 2. The van der Waals surface area contributed by atoms with Crippen molar-refractivity contribution in [2.75, 3.05) is 18.0 Å². The number of aromatic nitrogens is 1. The second-order valence-corrected chi connectivity index (χ2v) is 11.0. The molecular formula is C21H20Cl2N2O2S2. The fraction of sp³-hybridized carbons (Fsp3) is 0.286. The van der Waals surface area contributed by atoms with Gasteiger partial charge in [-0.2, -0.15) is 0 Å². The molecule has 0 unspecified atom stereocenters. The maximum Gasteiger partial charge on any atom is 0.185 e. The summed E-state index contributed by atoms with van der Waals surface area (Å²) in [6.07, 6.45) is 1.94. The summed E-state index contributed by atoms with van der Waals surface area (Å²) < 4.78 is 25.9. The maximum absolute atomic E-state index is 13.0. The number of hydrogen-bond donors (Lipinski definition) is 0. The van der Waals surface area contributed by atoms with Crippen LogP contribution in [-0.4, -0.2) is 31.7 Å². The lowest BCUT2D eigenvalue weighted by Gasteiger charge is -2.31. The highest BCUT2D eigenvalue weighted by atomic mass is 35.5. The number of anilines is 1. The molecule has 8 heteroatoms. The summed E-state index contributed by atoms with van der Waals surface area (Å²) in [7, 11) is -3.43. The number of hydrogen-bond acceptors (Lipinski definition) is 5. The normalized spacial score (nSPS) is 15.6. The van der Waals surface area contributed by atoms with E-state index in [-0.39, 0.29) is 9.92 Å². The van der Waals surface area contributed by atoms with E-state index in [0.29, 0.717) is 31.0 Å². The lowest BCUT2D eigenvalue weighted by atomic mass is 10.1. The zero-order chi connectivity index (χ0) is 20.4. The van der Waals surface area contributed by atoms with Gasteiger partial charge in [0.1, 0.15) is 0 Å². The molecule has 1 fully saturated rings. The maximum atomic E-state index is 13.0.